The molecular formula is C23H29N3O2. The van der Waals surface area contributed by atoms with Crippen molar-refractivity contribution in [2.45, 2.75) is 58.5 Å². The van der Waals surface area contributed by atoms with Crippen LogP contribution in [0, 0.1) is 5.92 Å². The first-order valence-corrected chi connectivity index (χ1v) is 10.4. The molecule has 1 saturated carbocycles. The van der Waals surface area contributed by atoms with Gasteiger partial charge in [0.2, 0.25) is 0 Å². The summed E-state index contributed by atoms with van der Waals surface area (Å²) in [5.74, 6) is 3.22. The number of hydrogen-bond acceptors (Lipinski definition) is 4. The normalized spacial score (nSPS) is 15.2. The number of nitrogens with one attached hydrogen (secondary N) is 1. The topological polar surface area (TPSA) is 60.0 Å². The molecule has 5 heteroatoms. The largest absolute Gasteiger partial charge is 0.493 e. The average molecular weight is 380 g/mol. The molecule has 0 amide bonds. The summed E-state index contributed by atoms with van der Waals surface area (Å²) in [6, 6.07) is 9.90. The zero-order valence-electron chi connectivity index (χ0n) is 16.8. The number of nitrogens with zero attached hydrogens (tertiary/aromatic N) is 2. The van der Waals surface area contributed by atoms with Crippen molar-refractivity contribution >= 4 is 11.2 Å². The summed E-state index contributed by atoms with van der Waals surface area (Å²) in [7, 11) is 0. The fourth-order valence-corrected chi connectivity index (χ4v) is 3.93. The fraction of sp³-hybridized carbons (Fsp3) is 0.478. The van der Waals surface area contributed by atoms with Crippen LogP contribution in [0.2, 0.25) is 0 Å². The van der Waals surface area contributed by atoms with Gasteiger partial charge in [0, 0.05) is 17.8 Å². The summed E-state index contributed by atoms with van der Waals surface area (Å²) < 4.78 is 12.1. The Labute approximate surface area is 166 Å². The van der Waals surface area contributed by atoms with Gasteiger partial charge in [-0.3, -0.25) is 0 Å². The molecule has 1 fully saturated rings. The lowest BCUT2D eigenvalue weighted by Crippen LogP contribution is -2.11. The van der Waals surface area contributed by atoms with E-state index in [4.69, 9.17) is 9.47 Å². The van der Waals surface area contributed by atoms with Crippen LogP contribution in [-0.4, -0.2) is 27.7 Å². The Morgan fingerprint density at radius 2 is 1.93 bits per heavy atom. The molecule has 2 aromatic heterocycles. The summed E-state index contributed by atoms with van der Waals surface area (Å²) >= 11 is 0. The van der Waals surface area contributed by atoms with Gasteiger partial charge in [-0.25, -0.2) is 9.97 Å². The Hall–Kier alpha value is -2.56. The van der Waals surface area contributed by atoms with Crippen LogP contribution in [0.25, 0.3) is 22.6 Å². The third kappa shape index (κ3) is 4.64. The van der Waals surface area contributed by atoms with Gasteiger partial charge >= 0.3 is 0 Å². The molecule has 0 unspecified atom stereocenters. The lowest BCUT2D eigenvalue weighted by atomic mass is 9.87. The molecule has 0 aliphatic heterocycles. The van der Waals surface area contributed by atoms with Crippen molar-refractivity contribution in [1.82, 2.24) is 15.0 Å². The van der Waals surface area contributed by atoms with E-state index in [1.807, 2.05) is 44.2 Å². The molecule has 0 saturated heterocycles. The number of pyridine rings is 1. The second kappa shape index (κ2) is 8.63. The first-order chi connectivity index (χ1) is 13.7. The highest BCUT2D eigenvalue weighted by Crippen LogP contribution is 2.31. The van der Waals surface area contributed by atoms with E-state index >= 15 is 0 Å². The molecule has 1 aliphatic carbocycles. The quantitative estimate of drug-likeness (QED) is 0.567. The van der Waals surface area contributed by atoms with Gasteiger partial charge in [-0.1, -0.05) is 32.1 Å². The second-order valence-electron chi connectivity index (χ2n) is 7.96. The monoisotopic (exact) mass is 379 g/mol. The van der Waals surface area contributed by atoms with Crippen molar-refractivity contribution in [2.24, 2.45) is 5.92 Å². The average Bonchev–Trinajstić information content (AvgIpc) is 3.12. The molecule has 28 heavy (non-hydrogen) atoms. The standard InChI is InChI=1S/C23H29N3O2/c1-16(2)28-20-14-18(22-25-21-9-6-11-24-23(21)26-22)13-19(15-20)27-12-10-17-7-4-3-5-8-17/h6,9,11,13-17H,3-5,7-8,10,12H2,1-2H3,(H,24,25,26). The van der Waals surface area contributed by atoms with E-state index in [0.29, 0.717) is 5.65 Å². The van der Waals surface area contributed by atoms with Crippen molar-refractivity contribution in [3.05, 3.63) is 36.5 Å². The fourth-order valence-electron chi connectivity index (χ4n) is 3.93. The Kier molecular flexibility index (Phi) is 5.79. The molecule has 1 aliphatic rings. The predicted octanol–water partition coefficient (Wildman–Crippen LogP) is 5.76. The van der Waals surface area contributed by atoms with Gasteiger partial charge in [0.1, 0.15) is 17.3 Å². The number of aromatic nitrogens is 3. The lowest BCUT2D eigenvalue weighted by molar-refractivity contribution is 0.233. The maximum absolute atomic E-state index is 6.13. The molecule has 5 nitrogen and oxygen atoms in total. The van der Waals surface area contributed by atoms with Gasteiger partial charge < -0.3 is 14.5 Å². The molecule has 1 N–H and O–H groups in total. The zero-order valence-corrected chi connectivity index (χ0v) is 16.8. The van der Waals surface area contributed by atoms with Gasteiger partial charge in [-0.2, -0.15) is 0 Å². The number of ether oxygens (including phenoxy) is 2. The minimum absolute atomic E-state index is 0.0997. The van der Waals surface area contributed by atoms with Crippen molar-refractivity contribution < 1.29 is 9.47 Å². The lowest BCUT2D eigenvalue weighted by Gasteiger charge is -2.21. The van der Waals surface area contributed by atoms with Crippen LogP contribution in [0.15, 0.2) is 36.5 Å². The SMILES string of the molecule is CC(C)Oc1cc(OCCC2CCCCC2)cc(-c2nc3ncccc3[nH]2)c1. The van der Waals surface area contributed by atoms with Crippen molar-refractivity contribution in [3.8, 4) is 22.9 Å². The van der Waals surface area contributed by atoms with Crippen molar-refractivity contribution in [1.29, 1.82) is 0 Å². The molecule has 0 radical (unpaired) electrons. The summed E-state index contributed by atoms with van der Waals surface area (Å²) in [6.45, 7) is 4.81. The van der Waals surface area contributed by atoms with Gasteiger partial charge in [0.15, 0.2) is 5.65 Å². The van der Waals surface area contributed by atoms with Gasteiger partial charge in [0.25, 0.3) is 0 Å². The highest BCUT2D eigenvalue weighted by Gasteiger charge is 2.14. The minimum atomic E-state index is 0.0997. The number of benzene rings is 1. The van der Waals surface area contributed by atoms with Crippen LogP contribution in [0.3, 0.4) is 0 Å². The predicted molar refractivity (Wildman–Crippen MR) is 112 cm³/mol. The van der Waals surface area contributed by atoms with E-state index in [1.54, 1.807) is 6.20 Å². The molecule has 0 atom stereocenters. The maximum atomic E-state index is 6.13. The first-order valence-electron chi connectivity index (χ1n) is 10.4. The highest BCUT2D eigenvalue weighted by molar-refractivity contribution is 5.76. The molecule has 0 bridgehead atoms. The van der Waals surface area contributed by atoms with Crippen LogP contribution < -0.4 is 9.47 Å². The Bertz CT molecular complexity index is 880. The van der Waals surface area contributed by atoms with Crippen LogP contribution in [-0.2, 0) is 0 Å². The molecule has 2 heterocycles. The van der Waals surface area contributed by atoms with Crippen LogP contribution >= 0.6 is 0 Å². The first kappa shape index (κ1) is 18.8. The van der Waals surface area contributed by atoms with Gasteiger partial charge in [-0.05, 0) is 50.5 Å². The van der Waals surface area contributed by atoms with Crippen LogP contribution in [0.1, 0.15) is 52.4 Å². The summed E-state index contributed by atoms with van der Waals surface area (Å²) in [5, 5.41) is 0. The summed E-state index contributed by atoms with van der Waals surface area (Å²) in [6.07, 6.45) is 9.79. The Morgan fingerprint density at radius 1 is 1.11 bits per heavy atom. The molecule has 1 aromatic carbocycles. The van der Waals surface area contributed by atoms with Crippen molar-refractivity contribution in [3.63, 3.8) is 0 Å². The van der Waals surface area contributed by atoms with Gasteiger partial charge in [0.05, 0.1) is 18.2 Å². The van der Waals surface area contributed by atoms with Gasteiger partial charge in [-0.15, -0.1) is 0 Å². The Morgan fingerprint density at radius 3 is 2.71 bits per heavy atom. The molecule has 3 aromatic rings. The molecule has 0 spiro atoms. The van der Waals surface area contributed by atoms with Crippen molar-refractivity contribution in [2.75, 3.05) is 6.61 Å². The number of imidazole rings is 1. The van der Waals surface area contributed by atoms with E-state index in [-0.39, 0.29) is 6.10 Å². The highest BCUT2D eigenvalue weighted by atomic mass is 16.5. The second-order valence-corrected chi connectivity index (χ2v) is 7.96. The number of H-pyrrole nitrogens is 1. The van der Waals surface area contributed by atoms with E-state index < -0.39 is 0 Å². The maximum Gasteiger partial charge on any atom is 0.178 e. The third-order valence-corrected chi connectivity index (χ3v) is 5.30. The number of aromatic amines is 1. The van der Waals surface area contributed by atoms with E-state index in [1.165, 1.54) is 32.1 Å². The number of fused-ring (bicyclic) bond motifs is 1. The molecule has 148 valence electrons. The Balaban J connectivity index is 1.54. The number of rotatable bonds is 7. The smallest absolute Gasteiger partial charge is 0.178 e. The molecular weight excluding hydrogens is 350 g/mol. The van der Waals surface area contributed by atoms with E-state index in [2.05, 4.69) is 15.0 Å². The van der Waals surface area contributed by atoms with E-state index in [9.17, 15) is 0 Å². The van der Waals surface area contributed by atoms with Crippen LogP contribution in [0.4, 0.5) is 0 Å². The van der Waals surface area contributed by atoms with Crippen LogP contribution in [0.5, 0.6) is 11.5 Å². The summed E-state index contributed by atoms with van der Waals surface area (Å²) in [4.78, 5) is 12.3. The zero-order chi connectivity index (χ0) is 19.3. The third-order valence-electron chi connectivity index (χ3n) is 5.30. The van der Waals surface area contributed by atoms with E-state index in [0.717, 1.165) is 47.3 Å². The molecule has 4 rings (SSSR count). The number of hydrogen-bond donors (Lipinski definition) is 1. The summed E-state index contributed by atoms with van der Waals surface area (Å²) in [5.41, 5.74) is 2.59. The minimum Gasteiger partial charge on any atom is -0.493 e.